The molecule has 1 atom stereocenters. The Balaban J connectivity index is 2.33. The highest BCUT2D eigenvalue weighted by Crippen LogP contribution is 2.39. The molecular weight excluding hydrogens is 258 g/mol. The number of hydrogen-bond acceptors (Lipinski definition) is 2. The SMILES string of the molecule is CCOc1cc(C)c(C)cc1C(CN)C1CCCCCC1. The molecule has 1 aliphatic carbocycles. The van der Waals surface area contributed by atoms with Crippen molar-refractivity contribution in [1.29, 1.82) is 0 Å². The fourth-order valence-corrected chi connectivity index (χ4v) is 3.67. The summed E-state index contributed by atoms with van der Waals surface area (Å²) in [6.45, 7) is 7.85. The van der Waals surface area contributed by atoms with Crippen LogP contribution in [0.3, 0.4) is 0 Å². The standard InChI is InChI=1S/C19H31NO/c1-4-21-19-12-15(3)14(2)11-17(19)18(13-20)16-9-7-5-6-8-10-16/h11-12,16,18H,4-10,13,20H2,1-3H3. The third-order valence-electron chi connectivity index (χ3n) is 5.05. The lowest BCUT2D eigenvalue weighted by Crippen LogP contribution is -2.22. The van der Waals surface area contributed by atoms with E-state index < -0.39 is 0 Å². The first-order valence-corrected chi connectivity index (χ1v) is 8.61. The van der Waals surface area contributed by atoms with Gasteiger partial charge in [-0.1, -0.05) is 31.7 Å². The molecule has 0 aromatic heterocycles. The molecule has 0 aliphatic heterocycles. The van der Waals surface area contributed by atoms with Gasteiger partial charge in [0.2, 0.25) is 0 Å². The molecule has 0 bridgehead atoms. The van der Waals surface area contributed by atoms with Crippen LogP contribution in [0.4, 0.5) is 0 Å². The Kier molecular flexibility index (Phi) is 6.10. The minimum absolute atomic E-state index is 0.448. The molecule has 2 heteroatoms. The van der Waals surface area contributed by atoms with Gasteiger partial charge in [-0.15, -0.1) is 0 Å². The molecule has 1 aromatic rings. The highest BCUT2D eigenvalue weighted by Gasteiger charge is 2.26. The van der Waals surface area contributed by atoms with Crippen LogP contribution in [0.15, 0.2) is 12.1 Å². The normalized spacial score (nSPS) is 18.3. The van der Waals surface area contributed by atoms with Crippen molar-refractivity contribution in [3.63, 3.8) is 0 Å². The van der Waals surface area contributed by atoms with Crippen LogP contribution in [-0.2, 0) is 0 Å². The van der Waals surface area contributed by atoms with E-state index in [2.05, 4.69) is 32.9 Å². The minimum atomic E-state index is 0.448. The second kappa shape index (κ2) is 7.84. The molecule has 2 N–H and O–H groups in total. The zero-order chi connectivity index (χ0) is 15.2. The smallest absolute Gasteiger partial charge is 0.123 e. The summed E-state index contributed by atoms with van der Waals surface area (Å²) in [7, 11) is 0. The van der Waals surface area contributed by atoms with E-state index in [-0.39, 0.29) is 0 Å². The van der Waals surface area contributed by atoms with Gasteiger partial charge in [-0.2, -0.15) is 0 Å². The zero-order valence-corrected chi connectivity index (χ0v) is 14.0. The minimum Gasteiger partial charge on any atom is -0.494 e. The Morgan fingerprint density at radius 3 is 2.29 bits per heavy atom. The Morgan fingerprint density at radius 1 is 1.10 bits per heavy atom. The van der Waals surface area contributed by atoms with E-state index in [1.165, 1.54) is 55.2 Å². The average Bonchev–Trinajstić information content (AvgIpc) is 2.74. The van der Waals surface area contributed by atoms with Crippen molar-refractivity contribution >= 4 is 0 Å². The summed E-state index contributed by atoms with van der Waals surface area (Å²) in [4.78, 5) is 0. The molecule has 1 saturated carbocycles. The first-order chi connectivity index (χ1) is 10.2. The van der Waals surface area contributed by atoms with Crippen LogP contribution >= 0.6 is 0 Å². The maximum Gasteiger partial charge on any atom is 0.123 e. The number of aryl methyl sites for hydroxylation is 2. The molecule has 1 unspecified atom stereocenters. The summed E-state index contributed by atoms with van der Waals surface area (Å²) in [5.74, 6) is 2.23. The number of benzene rings is 1. The molecule has 2 rings (SSSR count). The number of ether oxygens (including phenoxy) is 1. The quantitative estimate of drug-likeness (QED) is 0.796. The van der Waals surface area contributed by atoms with Gasteiger partial charge in [-0.05, 0) is 68.8 Å². The monoisotopic (exact) mass is 289 g/mol. The summed E-state index contributed by atoms with van der Waals surface area (Å²) >= 11 is 0. The van der Waals surface area contributed by atoms with Crippen molar-refractivity contribution in [3.8, 4) is 5.75 Å². The van der Waals surface area contributed by atoms with Crippen molar-refractivity contribution in [3.05, 3.63) is 28.8 Å². The van der Waals surface area contributed by atoms with Gasteiger partial charge < -0.3 is 10.5 Å². The zero-order valence-electron chi connectivity index (χ0n) is 14.0. The van der Waals surface area contributed by atoms with Crippen LogP contribution in [0.25, 0.3) is 0 Å². The molecule has 1 aliphatic rings. The molecule has 1 fully saturated rings. The van der Waals surface area contributed by atoms with E-state index in [1.807, 2.05) is 0 Å². The van der Waals surface area contributed by atoms with Crippen molar-refractivity contribution in [2.24, 2.45) is 11.7 Å². The summed E-state index contributed by atoms with van der Waals surface area (Å²) in [5.41, 5.74) is 10.2. The van der Waals surface area contributed by atoms with Crippen molar-refractivity contribution in [2.45, 2.75) is 65.2 Å². The summed E-state index contributed by atoms with van der Waals surface area (Å²) < 4.78 is 5.92. The highest BCUT2D eigenvalue weighted by molar-refractivity contribution is 5.44. The number of hydrogen-bond donors (Lipinski definition) is 1. The summed E-state index contributed by atoms with van der Waals surface area (Å²) in [5, 5.41) is 0. The van der Waals surface area contributed by atoms with Gasteiger partial charge >= 0.3 is 0 Å². The van der Waals surface area contributed by atoms with Gasteiger partial charge in [0.1, 0.15) is 5.75 Å². The first-order valence-electron chi connectivity index (χ1n) is 8.61. The number of rotatable bonds is 5. The third-order valence-corrected chi connectivity index (χ3v) is 5.05. The Morgan fingerprint density at radius 2 is 1.71 bits per heavy atom. The lowest BCUT2D eigenvalue weighted by molar-refractivity contribution is 0.319. The third kappa shape index (κ3) is 4.00. The molecule has 0 saturated heterocycles. The molecule has 118 valence electrons. The van der Waals surface area contributed by atoms with Crippen molar-refractivity contribution in [1.82, 2.24) is 0 Å². The van der Waals surface area contributed by atoms with Gasteiger partial charge in [-0.3, -0.25) is 0 Å². The molecule has 0 heterocycles. The topological polar surface area (TPSA) is 35.2 Å². The lowest BCUT2D eigenvalue weighted by atomic mass is 9.80. The van der Waals surface area contributed by atoms with Gasteiger partial charge in [0.05, 0.1) is 6.61 Å². The Labute approximate surface area is 130 Å². The van der Waals surface area contributed by atoms with Crippen molar-refractivity contribution < 1.29 is 4.74 Å². The van der Waals surface area contributed by atoms with Crippen LogP contribution in [0.1, 0.15) is 68.1 Å². The first kappa shape index (κ1) is 16.4. The molecule has 1 aromatic carbocycles. The number of nitrogens with two attached hydrogens (primary N) is 1. The molecule has 21 heavy (non-hydrogen) atoms. The van der Waals surface area contributed by atoms with Crippen LogP contribution in [0.5, 0.6) is 5.75 Å². The molecule has 0 amide bonds. The lowest BCUT2D eigenvalue weighted by Gasteiger charge is -2.28. The summed E-state index contributed by atoms with van der Waals surface area (Å²) in [6.07, 6.45) is 8.13. The van der Waals surface area contributed by atoms with Crippen molar-refractivity contribution in [2.75, 3.05) is 13.2 Å². The molecular formula is C19H31NO. The van der Waals surface area contributed by atoms with Gasteiger partial charge in [0.15, 0.2) is 0 Å². The van der Waals surface area contributed by atoms with E-state index in [9.17, 15) is 0 Å². The van der Waals surface area contributed by atoms with Crippen LogP contribution in [0, 0.1) is 19.8 Å². The average molecular weight is 289 g/mol. The van der Waals surface area contributed by atoms with E-state index in [0.717, 1.165) is 24.8 Å². The predicted octanol–water partition coefficient (Wildman–Crippen LogP) is 4.71. The van der Waals surface area contributed by atoms with Crippen LogP contribution in [0.2, 0.25) is 0 Å². The van der Waals surface area contributed by atoms with Gasteiger partial charge in [0.25, 0.3) is 0 Å². The molecule has 0 spiro atoms. The van der Waals surface area contributed by atoms with E-state index in [4.69, 9.17) is 10.5 Å². The van der Waals surface area contributed by atoms with E-state index >= 15 is 0 Å². The largest absolute Gasteiger partial charge is 0.494 e. The van der Waals surface area contributed by atoms with E-state index in [1.54, 1.807) is 0 Å². The van der Waals surface area contributed by atoms with Crippen LogP contribution in [-0.4, -0.2) is 13.2 Å². The summed E-state index contributed by atoms with van der Waals surface area (Å²) in [6, 6.07) is 4.52. The fraction of sp³-hybridized carbons (Fsp3) is 0.684. The Hall–Kier alpha value is -1.02. The molecule has 0 radical (unpaired) electrons. The fourth-order valence-electron chi connectivity index (χ4n) is 3.67. The van der Waals surface area contributed by atoms with Crippen LogP contribution < -0.4 is 10.5 Å². The highest BCUT2D eigenvalue weighted by atomic mass is 16.5. The second-order valence-corrected chi connectivity index (χ2v) is 6.50. The maximum atomic E-state index is 6.18. The second-order valence-electron chi connectivity index (χ2n) is 6.50. The van der Waals surface area contributed by atoms with Gasteiger partial charge in [0, 0.05) is 5.92 Å². The maximum absolute atomic E-state index is 6.18. The van der Waals surface area contributed by atoms with E-state index in [0.29, 0.717) is 5.92 Å². The van der Waals surface area contributed by atoms with Gasteiger partial charge in [-0.25, -0.2) is 0 Å². The molecule has 2 nitrogen and oxygen atoms in total. The Bertz CT molecular complexity index is 447. The predicted molar refractivity (Wildman–Crippen MR) is 90.1 cm³/mol.